The lowest BCUT2D eigenvalue weighted by atomic mass is 9.95. The molecule has 1 saturated carbocycles. The number of nitrogens with zero attached hydrogens (tertiary/aromatic N) is 4. The molecule has 1 amide bonds. The summed E-state index contributed by atoms with van der Waals surface area (Å²) in [6.07, 6.45) is 4.03. The minimum Gasteiger partial charge on any atom is -0.369 e. The Hall–Kier alpha value is -3.19. The van der Waals surface area contributed by atoms with Gasteiger partial charge in [-0.25, -0.2) is 9.97 Å². The maximum atomic E-state index is 12.3. The Kier molecular flexibility index (Phi) is 4.14. The predicted molar refractivity (Wildman–Crippen MR) is 120 cm³/mol. The second kappa shape index (κ2) is 6.92. The van der Waals surface area contributed by atoms with Gasteiger partial charge in [0.05, 0.1) is 17.0 Å². The molecular weight excluding hydrogens is 388 g/mol. The van der Waals surface area contributed by atoms with E-state index >= 15 is 0 Å². The summed E-state index contributed by atoms with van der Waals surface area (Å²) in [6.45, 7) is 5.01. The number of likely N-dealkylation sites (N-methyl/N-ethyl adjacent to an activating group) is 1. The number of hydrogen-bond donors (Lipinski definition) is 2. The van der Waals surface area contributed by atoms with Crippen molar-refractivity contribution in [2.24, 2.45) is 0 Å². The molecule has 31 heavy (non-hydrogen) atoms. The molecule has 0 atom stereocenters. The van der Waals surface area contributed by atoms with E-state index in [4.69, 9.17) is 4.98 Å². The fraction of sp³-hybridized carbons (Fsp3) is 0.375. The number of carbonyl (C=O) groups is 1. The molecule has 3 aliphatic rings. The van der Waals surface area contributed by atoms with Crippen LogP contribution in [0.5, 0.6) is 0 Å². The van der Waals surface area contributed by atoms with Crippen LogP contribution in [0.4, 0.5) is 5.69 Å². The number of benzene rings is 1. The first-order valence-corrected chi connectivity index (χ1v) is 11.0. The molecule has 1 spiro atoms. The minimum atomic E-state index is 0.00352. The first kappa shape index (κ1) is 18.6. The van der Waals surface area contributed by atoms with Gasteiger partial charge in [-0.05, 0) is 56.3 Å². The summed E-state index contributed by atoms with van der Waals surface area (Å²) in [5, 5.41) is 3.03. The number of rotatable bonds is 3. The van der Waals surface area contributed by atoms with Crippen LogP contribution in [0.2, 0.25) is 0 Å². The third-order valence-electron chi connectivity index (χ3n) is 6.96. The van der Waals surface area contributed by atoms with Crippen LogP contribution >= 0.6 is 0 Å². The van der Waals surface area contributed by atoms with Crippen LogP contribution < -0.4 is 10.2 Å². The number of aromatic amines is 1. The highest BCUT2D eigenvalue weighted by Gasteiger charge is 2.50. The van der Waals surface area contributed by atoms with Crippen LogP contribution in [0.3, 0.4) is 0 Å². The van der Waals surface area contributed by atoms with Crippen molar-refractivity contribution < 1.29 is 4.79 Å². The standard InChI is InChI=1S/C24H26N6O/c1-29-10-12-30(13-11-29)17-4-2-16(3-5-17)22-25-9-6-19(28-22)20-14-18-21(27-20)24(7-8-24)15-26-23(18)31/h2-6,9,14,27H,7-8,10-13,15H2,1H3,(H,26,31). The summed E-state index contributed by atoms with van der Waals surface area (Å²) in [6, 6.07) is 12.3. The number of nitrogens with one attached hydrogen (secondary N) is 2. The number of carbonyl (C=O) groups excluding carboxylic acids is 1. The molecule has 2 N–H and O–H groups in total. The van der Waals surface area contributed by atoms with Crippen LogP contribution in [-0.2, 0) is 5.41 Å². The molecule has 2 fully saturated rings. The van der Waals surface area contributed by atoms with Gasteiger partial charge in [0.2, 0.25) is 0 Å². The Morgan fingerprint density at radius 1 is 1.03 bits per heavy atom. The molecule has 1 aromatic carbocycles. The molecule has 2 aromatic heterocycles. The van der Waals surface area contributed by atoms with Gasteiger partial charge in [0.25, 0.3) is 5.91 Å². The Morgan fingerprint density at radius 3 is 2.55 bits per heavy atom. The summed E-state index contributed by atoms with van der Waals surface area (Å²) in [5.74, 6) is 0.699. The van der Waals surface area contributed by atoms with Gasteiger partial charge in [0.1, 0.15) is 0 Å². The lowest BCUT2D eigenvalue weighted by Crippen LogP contribution is -2.44. The zero-order valence-corrected chi connectivity index (χ0v) is 17.7. The number of hydrogen-bond acceptors (Lipinski definition) is 5. The minimum absolute atomic E-state index is 0.00352. The molecule has 1 aliphatic carbocycles. The lowest BCUT2D eigenvalue weighted by Gasteiger charge is -2.34. The first-order chi connectivity index (χ1) is 15.1. The lowest BCUT2D eigenvalue weighted by molar-refractivity contribution is 0.0937. The van der Waals surface area contributed by atoms with Gasteiger partial charge >= 0.3 is 0 Å². The maximum Gasteiger partial charge on any atom is 0.253 e. The Bertz CT molecular complexity index is 1140. The van der Waals surface area contributed by atoms with Gasteiger partial charge in [-0.2, -0.15) is 0 Å². The SMILES string of the molecule is CN1CCN(c2ccc(-c3nccc(-c4cc5c([nH]4)C4(CC4)CNC5=O)n3)cc2)CC1. The third kappa shape index (κ3) is 3.20. The predicted octanol–water partition coefficient (Wildman–Crippen LogP) is 2.67. The molecule has 7 heteroatoms. The fourth-order valence-corrected chi connectivity index (χ4v) is 4.73. The molecule has 0 radical (unpaired) electrons. The van der Waals surface area contributed by atoms with E-state index in [9.17, 15) is 4.79 Å². The van der Waals surface area contributed by atoms with E-state index < -0.39 is 0 Å². The normalized spacial score (nSPS) is 19.9. The highest BCUT2D eigenvalue weighted by Crippen LogP contribution is 2.50. The van der Waals surface area contributed by atoms with Gasteiger partial charge < -0.3 is 20.1 Å². The van der Waals surface area contributed by atoms with Crippen molar-refractivity contribution in [3.8, 4) is 22.8 Å². The van der Waals surface area contributed by atoms with E-state index in [1.54, 1.807) is 6.20 Å². The average molecular weight is 415 g/mol. The zero-order chi connectivity index (χ0) is 21.0. The summed E-state index contributed by atoms with van der Waals surface area (Å²) in [7, 11) is 2.17. The van der Waals surface area contributed by atoms with E-state index in [1.165, 1.54) is 5.69 Å². The number of fused-ring (bicyclic) bond motifs is 2. The van der Waals surface area contributed by atoms with Gasteiger partial charge in [0, 0.05) is 61.3 Å². The average Bonchev–Trinajstić information content (AvgIpc) is 3.44. The monoisotopic (exact) mass is 414 g/mol. The summed E-state index contributed by atoms with van der Waals surface area (Å²) in [4.78, 5) is 29.9. The Morgan fingerprint density at radius 2 is 1.81 bits per heavy atom. The van der Waals surface area contributed by atoms with Gasteiger partial charge in [0.15, 0.2) is 5.82 Å². The molecule has 4 heterocycles. The molecule has 1 saturated heterocycles. The highest BCUT2D eigenvalue weighted by molar-refractivity contribution is 5.98. The maximum absolute atomic E-state index is 12.3. The quantitative estimate of drug-likeness (QED) is 0.689. The third-order valence-corrected chi connectivity index (χ3v) is 6.96. The summed E-state index contributed by atoms with van der Waals surface area (Å²) >= 11 is 0. The van der Waals surface area contributed by atoms with Crippen molar-refractivity contribution >= 4 is 11.6 Å². The van der Waals surface area contributed by atoms with Crippen LogP contribution in [-0.4, -0.2) is 65.5 Å². The second-order valence-electron chi connectivity index (χ2n) is 9.04. The van der Waals surface area contributed by atoms with Crippen molar-refractivity contribution in [3.05, 3.63) is 53.9 Å². The van der Waals surface area contributed by atoms with Gasteiger partial charge in [-0.15, -0.1) is 0 Å². The van der Waals surface area contributed by atoms with Crippen molar-refractivity contribution in [2.45, 2.75) is 18.3 Å². The molecule has 2 aliphatic heterocycles. The number of H-pyrrole nitrogens is 1. The largest absolute Gasteiger partial charge is 0.369 e. The van der Waals surface area contributed by atoms with Crippen LogP contribution in [0, 0.1) is 0 Å². The van der Waals surface area contributed by atoms with E-state index in [1.807, 2.05) is 12.1 Å². The smallest absolute Gasteiger partial charge is 0.253 e. The van der Waals surface area contributed by atoms with Crippen molar-refractivity contribution in [2.75, 3.05) is 44.7 Å². The number of anilines is 1. The molecule has 7 nitrogen and oxygen atoms in total. The fourth-order valence-electron chi connectivity index (χ4n) is 4.73. The number of amides is 1. The van der Waals surface area contributed by atoms with Crippen molar-refractivity contribution in [3.63, 3.8) is 0 Å². The molecule has 6 rings (SSSR count). The molecular formula is C24H26N6O. The molecule has 3 aromatic rings. The molecule has 0 bridgehead atoms. The summed E-state index contributed by atoms with van der Waals surface area (Å²) in [5.41, 5.74) is 5.87. The van der Waals surface area contributed by atoms with E-state index in [-0.39, 0.29) is 11.3 Å². The molecule has 158 valence electrons. The highest BCUT2D eigenvalue weighted by atomic mass is 16.1. The number of aromatic nitrogens is 3. The molecule has 0 unspecified atom stereocenters. The van der Waals surface area contributed by atoms with Crippen molar-refractivity contribution in [1.82, 2.24) is 25.2 Å². The van der Waals surface area contributed by atoms with Gasteiger partial charge in [-0.1, -0.05) is 0 Å². The topological polar surface area (TPSA) is 77.1 Å². The van der Waals surface area contributed by atoms with Crippen molar-refractivity contribution in [1.29, 1.82) is 0 Å². The van der Waals surface area contributed by atoms with E-state index in [0.717, 1.165) is 73.8 Å². The Labute approximate surface area is 181 Å². The van der Waals surface area contributed by atoms with Crippen LogP contribution in [0.1, 0.15) is 28.9 Å². The Balaban J connectivity index is 1.28. The zero-order valence-electron chi connectivity index (χ0n) is 17.7. The van der Waals surface area contributed by atoms with E-state index in [0.29, 0.717) is 5.82 Å². The van der Waals surface area contributed by atoms with E-state index in [2.05, 4.69) is 56.4 Å². The van der Waals surface area contributed by atoms with Crippen LogP contribution in [0.25, 0.3) is 22.8 Å². The van der Waals surface area contributed by atoms with Crippen LogP contribution in [0.15, 0.2) is 42.6 Å². The second-order valence-corrected chi connectivity index (χ2v) is 9.04. The van der Waals surface area contributed by atoms with Gasteiger partial charge in [-0.3, -0.25) is 4.79 Å². The number of piperazine rings is 1. The first-order valence-electron chi connectivity index (χ1n) is 11.0. The summed E-state index contributed by atoms with van der Waals surface area (Å²) < 4.78 is 0.